The van der Waals surface area contributed by atoms with E-state index in [2.05, 4.69) is 69.1 Å². The highest BCUT2D eigenvalue weighted by Crippen LogP contribution is 2.46. The molecule has 0 fully saturated rings. The largest absolute Gasteiger partial charge is 0.417 e. The van der Waals surface area contributed by atoms with Gasteiger partial charge in [0.1, 0.15) is 0 Å². The molecule has 5 nitrogen and oxygen atoms in total. The minimum absolute atomic E-state index is 0.0382. The Kier molecular flexibility index (Phi) is 9.59. The molecule has 68 heavy (non-hydrogen) atoms. The predicted molar refractivity (Wildman–Crippen MR) is 268 cm³/mol. The average Bonchev–Trinajstić information content (AvgIpc) is 3.90. The molecule has 12 aromatic rings. The zero-order chi connectivity index (χ0) is 45.9. The molecule has 0 aliphatic rings. The molecule has 0 N–H and O–H groups in total. The molecule has 8 heteroatoms. The fourth-order valence-corrected chi connectivity index (χ4v) is 9.74. The zero-order valence-electron chi connectivity index (χ0n) is 36.2. The lowest BCUT2D eigenvalue weighted by molar-refractivity contribution is -0.137. The first-order valence-corrected chi connectivity index (χ1v) is 22.2. The molecule has 4 heterocycles. The van der Waals surface area contributed by atoms with Gasteiger partial charge < -0.3 is 9.13 Å². The van der Waals surface area contributed by atoms with E-state index in [1.54, 1.807) is 36.7 Å². The van der Waals surface area contributed by atoms with Gasteiger partial charge in [-0.2, -0.15) is 18.4 Å². The van der Waals surface area contributed by atoms with Crippen LogP contribution in [0, 0.1) is 11.3 Å². The summed E-state index contributed by atoms with van der Waals surface area (Å²) in [7, 11) is 0. The number of nitrogens with zero attached hydrogens (tertiary/aromatic N) is 5. The number of halogens is 3. The molecular weight excluding hydrogens is 848 g/mol. The number of nitriles is 1. The highest BCUT2D eigenvalue weighted by atomic mass is 19.4. The van der Waals surface area contributed by atoms with Gasteiger partial charge in [0.05, 0.1) is 62.0 Å². The number of fused-ring (bicyclic) bond motifs is 6. The predicted octanol–water partition coefficient (Wildman–Crippen LogP) is 15.9. The quantitative estimate of drug-likeness (QED) is 0.160. The molecule has 0 aliphatic heterocycles. The number of para-hydroxylation sites is 2. The van der Waals surface area contributed by atoms with Crippen molar-refractivity contribution in [3.8, 4) is 73.3 Å². The van der Waals surface area contributed by atoms with Gasteiger partial charge in [-0.05, 0) is 106 Å². The summed E-state index contributed by atoms with van der Waals surface area (Å²) >= 11 is 0. The molecule has 0 radical (unpaired) electrons. The fourth-order valence-electron chi connectivity index (χ4n) is 9.74. The zero-order valence-corrected chi connectivity index (χ0v) is 36.2. The third kappa shape index (κ3) is 6.88. The number of hydrogen-bond acceptors (Lipinski definition) is 3. The van der Waals surface area contributed by atoms with Crippen LogP contribution >= 0.6 is 0 Å². The molecule has 0 saturated heterocycles. The van der Waals surface area contributed by atoms with Crippen LogP contribution in [0.1, 0.15) is 11.1 Å². The van der Waals surface area contributed by atoms with E-state index in [1.807, 2.05) is 126 Å². The second-order valence-electron chi connectivity index (χ2n) is 16.8. The summed E-state index contributed by atoms with van der Waals surface area (Å²) in [6.07, 6.45) is -1.18. The van der Waals surface area contributed by atoms with Crippen LogP contribution in [0.15, 0.2) is 219 Å². The lowest BCUT2D eigenvalue weighted by atomic mass is 9.95. The third-order valence-electron chi connectivity index (χ3n) is 12.9. The Morgan fingerprint density at radius 3 is 1.35 bits per heavy atom. The van der Waals surface area contributed by atoms with Gasteiger partial charge in [0.2, 0.25) is 0 Å². The van der Waals surface area contributed by atoms with Crippen LogP contribution in [0.3, 0.4) is 0 Å². The summed E-state index contributed by atoms with van der Waals surface area (Å²) in [5.74, 6) is 0. The van der Waals surface area contributed by atoms with Gasteiger partial charge in [-0.25, -0.2) is 0 Å². The molecule has 0 saturated carbocycles. The van der Waals surface area contributed by atoms with Crippen LogP contribution < -0.4 is 0 Å². The summed E-state index contributed by atoms with van der Waals surface area (Å²) in [4.78, 5) is 9.36. The van der Waals surface area contributed by atoms with Gasteiger partial charge in [-0.15, -0.1) is 0 Å². The summed E-state index contributed by atoms with van der Waals surface area (Å²) in [5.41, 5.74) is 11.0. The van der Waals surface area contributed by atoms with Crippen molar-refractivity contribution in [2.75, 3.05) is 0 Å². The van der Waals surface area contributed by atoms with Crippen molar-refractivity contribution < 1.29 is 13.2 Å². The van der Waals surface area contributed by atoms with Gasteiger partial charge in [0.25, 0.3) is 0 Å². The minimum atomic E-state index is -4.77. The van der Waals surface area contributed by atoms with E-state index >= 15 is 13.2 Å². The van der Waals surface area contributed by atoms with E-state index in [4.69, 9.17) is 0 Å². The Hall–Kier alpha value is -9.06. The number of rotatable bonds is 7. The Bertz CT molecular complexity index is 3970. The van der Waals surface area contributed by atoms with Crippen LogP contribution in [0.25, 0.3) is 111 Å². The number of pyridine rings is 2. The van der Waals surface area contributed by atoms with Crippen LogP contribution in [-0.4, -0.2) is 19.1 Å². The van der Waals surface area contributed by atoms with E-state index < -0.39 is 11.7 Å². The number of benzene rings is 8. The molecule has 4 aromatic heterocycles. The van der Waals surface area contributed by atoms with Gasteiger partial charge in [-0.3, -0.25) is 9.97 Å². The molecule has 0 bridgehead atoms. The first-order chi connectivity index (χ1) is 33.3. The Morgan fingerprint density at radius 1 is 0.382 bits per heavy atom. The Labute approximate surface area is 388 Å². The van der Waals surface area contributed by atoms with Gasteiger partial charge in [0.15, 0.2) is 0 Å². The summed E-state index contributed by atoms with van der Waals surface area (Å²) in [5, 5.41) is 13.6. The number of aromatic nitrogens is 4. The summed E-state index contributed by atoms with van der Waals surface area (Å²) in [6, 6.07) is 67.8. The monoisotopic (exact) mass is 883 g/mol. The van der Waals surface area contributed by atoms with Crippen LogP contribution in [0.4, 0.5) is 13.2 Å². The Morgan fingerprint density at radius 2 is 0.838 bits per heavy atom. The molecular formula is C60H36F3N5. The summed E-state index contributed by atoms with van der Waals surface area (Å²) in [6.45, 7) is 0. The molecule has 0 aliphatic carbocycles. The third-order valence-corrected chi connectivity index (χ3v) is 12.9. The molecule has 322 valence electrons. The first-order valence-electron chi connectivity index (χ1n) is 22.2. The molecule has 0 atom stereocenters. The average molecular weight is 884 g/mol. The van der Waals surface area contributed by atoms with Crippen molar-refractivity contribution in [1.82, 2.24) is 19.1 Å². The van der Waals surface area contributed by atoms with E-state index in [9.17, 15) is 5.26 Å². The van der Waals surface area contributed by atoms with Crippen molar-refractivity contribution in [3.05, 3.63) is 230 Å². The van der Waals surface area contributed by atoms with Gasteiger partial charge >= 0.3 is 6.18 Å². The topological polar surface area (TPSA) is 59.4 Å². The maximum atomic E-state index is 15.9. The van der Waals surface area contributed by atoms with E-state index in [0.29, 0.717) is 11.4 Å². The van der Waals surface area contributed by atoms with Crippen molar-refractivity contribution in [2.45, 2.75) is 6.18 Å². The Balaban J connectivity index is 1.18. The molecule has 8 aromatic carbocycles. The first kappa shape index (κ1) is 40.4. The molecule has 12 rings (SSSR count). The lowest BCUT2D eigenvalue weighted by Gasteiger charge is -2.22. The molecule has 0 spiro atoms. The number of hydrogen-bond donors (Lipinski definition) is 0. The normalized spacial score (nSPS) is 11.7. The van der Waals surface area contributed by atoms with Crippen LogP contribution in [-0.2, 0) is 6.18 Å². The van der Waals surface area contributed by atoms with Crippen molar-refractivity contribution >= 4 is 43.6 Å². The van der Waals surface area contributed by atoms with E-state index in [-0.39, 0.29) is 16.7 Å². The standard InChI is InChI=1S/C60H36F3N5/c61-60(62,63)51-36-59(68-55-21-10-8-19-47(55)49-25-23-42(34-57(49)68)44-27-29-66-53(32-44)40-15-5-2-6-16-40)58(35-50(51)45-17-11-12-38(30-45)37-64)67-54-20-9-7-18-46(54)48-24-22-41(33-56(48)67)43-26-28-65-52(31-43)39-13-3-1-4-14-39/h1-36H. The SMILES string of the molecule is N#Cc1cccc(-c2cc(-n3c4ccccc4c4ccc(-c5ccnc(-c6ccccc6)c5)cc43)c(-n3c4ccccc4c4ccc(-c5ccnc(-c6ccccc6)c5)cc43)cc2C(F)(F)F)c1. The van der Waals surface area contributed by atoms with Crippen molar-refractivity contribution in [1.29, 1.82) is 5.26 Å². The highest BCUT2D eigenvalue weighted by Gasteiger charge is 2.36. The molecule has 0 amide bonds. The highest BCUT2D eigenvalue weighted by molar-refractivity contribution is 6.13. The fraction of sp³-hybridized carbons (Fsp3) is 0.0167. The van der Waals surface area contributed by atoms with Gasteiger partial charge in [0, 0.05) is 45.1 Å². The minimum Gasteiger partial charge on any atom is -0.307 e. The van der Waals surface area contributed by atoms with Gasteiger partial charge in [-0.1, -0.05) is 133 Å². The second kappa shape index (κ2) is 16.1. The lowest BCUT2D eigenvalue weighted by Crippen LogP contribution is -2.12. The van der Waals surface area contributed by atoms with E-state index in [1.165, 1.54) is 12.1 Å². The van der Waals surface area contributed by atoms with Crippen molar-refractivity contribution in [3.63, 3.8) is 0 Å². The maximum absolute atomic E-state index is 15.9. The van der Waals surface area contributed by atoms with Crippen LogP contribution in [0.2, 0.25) is 0 Å². The second-order valence-corrected chi connectivity index (χ2v) is 16.8. The van der Waals surface area contributed by atoms with Crippen LogP contribution in [0.5, 0.6) is 0 Å². The number of alkyl halides is 3. The smallest absolute Gasteiger partial charge is 0.307 e. The maximum Gasteiger partial charge on any atom is 0.417 e. The summed E-state index contributed by atoms with van der Waals surface area (Å²) < 4.78 is 51.8. The van der Waals surface area contributed by atoms with Crippen molar-refractivity contribution in [2.24, 2.45) is 0 Å². The molecule has 0 unspecified atom stereocenters. The van der Waals surface area contributed by atoms with E-state index in [0.717, 1.165) is 88.4 Å².